The van der Waals surface area contributed by atoms with E-state index in [1.807, 2.05) is 6.07 Å². The topological polar surface area (TPSA) is 47.0 Å². The van der Waals surface area contributed by atoms with Gasteiger partial charge >= 0.3 is 0 Å². The van der Waals surface area contributed by atoms with Crippen molar-refractivity contribution in [1.82, 2.24) is 9.97 Å². The molecule has 4 nitrogen and oxygen atoms in total. The van der Waals surface area contributed by atoms with Gasteiger partial charge in [0.1, 0.15) is 11.9 Å². The monoisotopic (exact) mass is 209 g/mol. The van der Waals surface area contributed by atoms with Crippen molar-refractivity contribution >= 4 is 5.82 Å². The zero-order valence-corrected chi connectivity index (χ0v) is 9.66. The lowest BCUT2D eigenvalue weighted by atomic mass is 10.2. The molecule has 1 unspecified atom stereocenters. The second kappa shape index (κ2) is 6.35. The second-order valence-corrected chi connectivity index (χ2v) is 3.36. The summed E-state index contributed by atoms with van der Waals surface area (Å²) < 4.78 is 5.29. The summed E-state index contributed by atoms with van der Waals surface area (Å²) in [4.78, 5) is 8.62. The molecule has 0 fully saturated rings. The number of nitrogens with one attached hydrogen (secondary N) is 1. The summed E-state index contributed by atoms with van der Waals surface area (Å²) in [5, 5.41) is 3.23. The van der Waals surface area contributed by atoms with Gasteiger partial charge in [0.2, 0.25) is 0 Å². The number of ether oxygens (including phenoxy) is 1. The first-order chi connectivity index (χ1) is 7.31. The van der Waals surface area contributed by atoms with E-state index in [-0.39, 0.29) is 6.10 Å². The van der Waals surface area contributed by atoms with Crippen LogP contribution in [0.4, 0.5) is 5.82 Å². The summed E-state index contributed by atoms with van der Waals surface area (Å²) in [7, 11) is 1.68. The zero-order chi connectivity index (χ0) is 11.1. The summed E-state index contributed by atoms with van der Waals surface area (Å²) in [5.74, 6) is 1.62. The van der Waals surface area contributed by atoms with Gasteiger partial charge in [-0.2, -0.15) is 0 Å². The van der Waals surface area contributed by atoms with Crippen LogP contribution in [0, 0.1) is 0 Å². The fraction of sp³-hybridized carbons (Fsp3) is 0.636. The van der Waals surface area contributed by atoms with Crippen LogP contribution in [-0.4, -0.2) is 23.6 Å². The Morgan fingerprint density at radius 3 is 2.87 bits per heavy atom. The Morgan fingerprint density at radius 1 is 1.47 bits per heavy atom. The molecule has 84 valence electrons. The number of methoxy groups -OCH3 is 1. The van der Waals surface area contributed by atoms with Crippen LogP contribution in [0.25, 0.3) is 0 Å². The van der Waals surface area contributed by atoms with Crippen molar-refractivity contribution in [1.29, 1.82) is 0 Å². The molecule has 0 spiro atoms. The molecule has 0 aliphatic carbocycles. The van der Waals surface area contributed by atoms with E-state index in [9.17, 15) is 0 Å². The predicted octanol–water partition coefficient (Wildman–Crippen LogP) is 2.40. The highest BCUT2D eigenvalue weighted by Gasteiger charge is 2.11. The van der Waals surface area contributed by atoms with E-state index < -0.39 is 0 Å². The summed E-state index contributed by atoms with van der Waals surface area (Å²) in [5.41, 5.74) is 0. The smallest absolute Gasteiger partial charge is 0.159 e. The first-order valence-electron chi connectivity index (χ1n) is 5.41. The highest BCUT2D eigenvalue weighted by molar-refractivity contribution is 5.32. The number of rotatable bonds is 6. The maximum atomic E-state index is 5.29. The summed E-state index contributed by atoms with van der Waals surface area (Å²) in [6.07, 6.45) is 3.73. The number of anilines is 1. The Kier molecular flexibility index (Phi) is 5.04. The molecule has 0 aliphatic heterocycles. The van der Waals surface area contributed by atoms with Crippen molar-refractivity contribution in [2.75, 3.05) is 19.0 Å². The van der Waals surface area contributed by atoms with E-state index >= 15 is 0 Å². The first kappa shape index (κ1) is 11.9. The molecular weight excluding hydrogens is 190 g/mol. The highest BCUT2D eigenvalue weighted by atomic mass is 16.5. The highest BCUT2D eigenvalue weighted by Crippen LogP contribution is 2.16. The maximum absolute atomic E-state index is 5.29. The van der Waals surface area contributed by atoms with Gasteiger partial charge in [0.05, 0.1) is 0 Å². The second-order valence-electron chi connectivity index (χ2n) is 3.36. The van der Waals surface area contributed by atoms with Crippen LogP contribution < -0.4 is 5.32 Å². The van der Waals surface area contributed by atoms with Gasteiger partial charge in [-0.25, -0.2) is 9.97 Å². The lowest BCUT2D eigenvalue weighted by Crippen LogP contribution is -2.09. The summed E-state index contributed by atoms with van der Waals surface area (Å²) in [6.45, 7) is 5.11. The predicted molar refractivity (Wildman–Crippen MR) is 60.9 cm³/mol. The lowest BCUT2D eigenvalue weighted by molar-refractivity contribution is 0.0927. The quantitative estimate of drug-likeness (QED) is 0.781. The Morgan fingerprint density at radius 2 is 2.27 bits per heavy atom. The van der Waals surface area contributed by atoms with Gasteiger partial charge in [0, 0.05) is 19.9 Å². The van der Waals surface area contributed by atoms with Crippen LogP contribution in [0.2, 0.25) is 0 Å². The van der Waals surface area contributed by atoms with Gasteiger partial charge in [0.25, 0.3) is 0 Å². The van der Waals surface area contributed by atoms with Gasteiger partial charge < -0.3 is 10.1 Å². The molecule has 4 heteroatoms. The molecule has 0 amide bonds. The van der Waals surface area contributed by atoms with Crippen LogP contribution in [0.1, 0.15) is 38.6 Å². The third kappa shape index (κ3) is 3.47. The fourth-order valence-electron chi connectivity index (χ4n) is 1.34. The van der Waals surface area contributed by atoms with Crippen molar-refractivity contribution in [2.24, 2.45) is 0 Å². The molecule has 1 atom stereocenters. The van der Waals surface area contributed by atoms with Gasteiger partial charge in [-0.3, -0.25) is 0 Å². The minimum atomic E-state index is -0.00613. The molecule has 0 saturated carbocycles. The Balaban J connectivity index is 2.72. The molecule has 1 heterocycles. The molecule has 1 rings (SSSR count). The van der Waals surface area contributed by atoms with Crippen LogP contribution in [-0.2, 0) is 4.74 Å². The standard InChI is InChI=1S/C11H19N3O/c1-4-7-12-10-6-8-13-11(14-10)9(5-2)15-3/h6,8-9H,4-5,7H2,1-3H3,(H,12,13,14). The SMILES string of the molecule is CCCNc1ccnc(C(CC)OC)n1. The van der Waals surface area contributed by atoms with Gasteiger partial charge in [0.15, 0.2) is 5.82 Å². The summed E-state index contributed by atoms with van der Waals surface area (Å²) >= 11 is 0. The van der Waals surface area contributed by atoms with Crippen molar-refractivity contribution in [3.05, 3.63) is 18.1 Å². The van der Waals surface area contributed by atoms with E-state index in [1.165, 1.54) is 0 Å². The van der Waals surface area contributed by atoms with Crippen molar-refractivity contribution in [2.45, 2.75) is 32.8 Å². The van der Waals surface area contributed by atoms with Gasteiger partial charge in [-0.05, 0) is 18.9 Å². The molecule has 1 N–H and O–H groups in total. The number of aromatic nitrogens is 2. The average Bonchev–Trinajstić information content (AvgIpc) is 2.29. The third-order valence-electron chi connectivity index (χ3n) is 2.17. The fourth-order valence-corrected chi connectivity index (χ4v) is 1.34. The molecule has 0 bridgehead atoms. The molecule has 1 aromatic heterocycles. The molecule has 0 aromatic carbocycles. The molecule has 0 radical (unpaired) electrons. The largest absolute Gasteiger partial charge is 0.373 e. The van der Waals surface area contributed by atoms with E-state index in [0.717, 1.165) is 31.0 Å². The normalized spacial score (nSPS) is 12.5. The first-order valence-corrected chi connectivity index (χ1v) is 5.41. The van der Waals surface area contributed by atoms with Crippen molar-refractivity contribution in [3.8, 4) is 0 Å². The Bertz CT molecular complexity index is 287. The van der Waals surface area contributed by atoms with Crippen molar-refractivity contribution in [3.63, 3.8) is 0 Å². The van der Waals surface area contributed by atoms with Crippen LogP contribution in [0.5, 0.6) is 0 Å². The van der Waals surface area contributed by atoms with Crippen LogP contribution in [0.3, 0.4) is 0 Å². The third-order valence-corrected chi connectivity index (χ3v) is 2.17. The van der Waals surface area contributed by atoms with Crippen LogP contribution in [0.15, 0.2) is 12.3 Å². The Labute approximate surface area is 91.1 Å². The maximum Gasteiger partial charge on any atom is 0.159 e. The molecule has 1 aromatic rings. The minimum absolute atomic E-state index is 0.00613. The van der Waals surface area contributed by atoms with Gasteiger partial charge in [-0.1, -0.05) is 13.8 Å². The summed E-state index contributed by atoms with van der Waals surface area (Å²) in [6, 6.07) is 1.88. The number of hydrogen-bond donors (Lipinski definition) is 1. The van der Waals surface area contributed by atoms with E-state index in [0.29, 0.717) is 0 Å². The van der Waals surface area contributed by atoms with Crippen LogP contribution >= 0.6 is 0 Å². The van der Waals surface area contributed by atoms with E-state index in [2.05, 4.69) is 29.1 Å². The lowest BCUT2D eigenvalue weighted by Gasteiger charge is -2.12. The number of hydrogen-bond acceptors (Lipinski definition) is 4. The van der Waals surface area contributed by atoms with Crippen molar-refractivity contribution < 1.29 is 4.74 Å². The Hall–Kier alpha value is -1.16. The molecule has 15 heavy (non-hydrogen) atoms. The molecular formula is C11H19N3O. The average molecular weight is 209 g/mol. The molecule has 0 saturated heterocycles. The number of nitrogens with zero attached hydrogens (tertiary/aromatic N) is 2. The van der Waals surface area contributed by atoms with Gasteiger partial charge in [-0.15, -0.1) is 0 Å². The zero-order valence-electron chi connectivity index (χ0n) is 9.66. The van der Waals surface area contributed by atoms with E-state index in [1.54, 1.807) is 13.3 Å². The minimum Gasteiger partial charge on any atom is -0.373 e. The van der Waals surface area contributed by atoms with E-state index in [4.69, 9.17) is 4.74 Å². The molecule has 0 aliphatic rings.